The highest BCUT2D eigenvalue weighted by atomic mass is 19.4. The molecular weight excluding hydrogens is 402 g/mol. The van der Waals surface area contributed by atoms with Crippen LogP contribution in [-0.2, 0) is 15.8 Å². The van der Waals surface area contributed by atoms with Crippen LogP contribution in [0.2, 0.25) is 0 Å². The van der Waals surface area contributed by atoms with Crippen LogP contribution in [0.5, 0.6) is 0 Å². The molecule has 1 aliphatic heterocycles. The predicted octanol–water partition coefficient (Wildman–Crippen LogP) is 4.14. The average molecular weight is 421 g/mol. The summed E-state index contributed by atoms with van der Waals surface area (Å²) >= 11 is 0. The van der Waals surface area contributed by atoms with E-state index in [9.17, 15) is 27.2 Å². The van der Waals surface area contributed by atoms with Gasteiger partial charge in [-0.1, -0.05) is 6.07 Å². The molecule has 1 aliphatic rings. The van der Waals surface area contributed by atoms with Crippen LogP contribution in [0.3, 0.4) is 0 Å². The lowest BCUT2D eigenvalue weighted by Gasteiger charge is -2.26. The fourth-order valence-corrected chi connectivity index (χ4v) is 3.01. The van der Waals surface area contributed by atoms with E-state index in [2.05, 4.69) is 5.10 Å². The molecule has 0 N–H and O–H groups in total. The second-order valence-electron chi connectivity index (χ2n) is 6.96. The third kappa shape index (κ3) is 4.67. The number of carbonyl (C=O) groups is 2. The molecule has 0 spiro atoms. The maximum Gasteiger partial charge on any atom is 0.416 e. The number of benzene rings is 2. The summed E-state index contributed by atoms with van der Waals surface area (Å²) in [4.78, 5) is 25.9. The Labute approximate surface area is 170 Å². The van der Waals surface area contributed by atoms with Crippen LogP contribution in [0.1, 0.15) is 29.5 Å². The molecule has 0 fully saturated rings. The van der Waals surface area contributed by atoms with Crippen molar-refractivity contribution in [3.05, 3.63) is 65.0 Å². The van der Waals surface area contributed by atoms with Gasteiger partial charge in [0, 0.05) is 25.6 Å². The Morgan fingerprint density at radius 3 is 2.40 bits per heavy atom. The zero-order chi connectivity index (χ0) is 22.1. The van der Waals surface area contributed by atoms with Gasteiger partial charge >= 0.3 is 6.18 Å². The van der Waals surface area contributed by atoms with Gasteiger partial charge in [0.05, 0.1) is 11.3 Å². The molecule has 0 aliphatic carbocycles. The number of rotatable bonds is 4. The lowest BCUT2D eigenvalue weighted by molar-refractivity contribution is -0.137. The van der Waals surface area contributed by atoms with E-state index in [0.29, 0.717) is 23.3 Å². The van der Waals surface area contributed by atoms with Crippen LogP contribution in [0.25, 0.3) is 0 Å². The van der Waals surface area contributed by atoms with Crippen molar-refractivity contribution in [3.8, 4) is 0 Å². The van der Waals surface area contributed by atoms with Gasteiger partial charge in [-0.05, 0) is 54.4 Å². The first-order chi connectivity index (χ1) is 14.1. The fraction of sp³-hybridized carbons (Fsp3) is 0.286. The number of alkyl halides is 3. The van der Waals surface area contributed by atoms with E-state index >= 15 is 0 Å². The summed E-state index contributed by atoms with van der Waals surface area (Å²) in [6.45, 7) is 1.26. The third-order valence-electron chi connectivity index (χ3n) is 4.84. The van der Waals surface area contributed by atoms with Gasteiger partial charge in [-0.25, -0.2) is 9.40 Å². The van der Waals surface area contributed by atoms with E-state index in [4.69, 9.17) is 0 Å². The number of hydrazone groups is 1. The number of carbonyl (C=O) groups excluding carboxylic acids is 2. The number of aryl methyl sites for hydroxylation is 1. The van der Waals surface area contributed by atoms with Gasteiger partial charge in [0.15, 0.2) is 0 Å². The first-order valence-corrected chi connectivity index (χ1v) is 9.14. The summed E-state index contributed by atoms with van der Waals surface area (Å²) in [5.41, 5.74) is 1.10. The number of anilines is 1. The van der Waals surface area contributed by atoms with E-state index < -0.39 is 17.6 Å². The summed E-state index contributed by atoms with van der Waals surface area (Å²) in [7, 11) is 1.41. The molecule has 0 unspecified atom stereocenters. The van der Waals surface area contributed by atoms with Gasteiger partial charge in [0.1, 0.15) is 12.4 Å². The molecule has 0 saturated carbocycles. The van der Waals surface area contributed by atoms with Crippen molar-refractivity contribution in [2.45, 2.75) is 25.9 Å². The van der Waals surface area contributed by atoms with E-state index in [1.807, 2.05) is 0 Å². The van der Waals surface area contributed by atoms with E-state index in [1.165, 1.54) is 30.1 Å². The Bertz CT molecular complexity index is 1000. The largest absolute Gasteiger partial charge is 0.416 e. The number of hydrogen-bond donors (Lipinski definition) is 0. The Morgan fingerprint density at radius 2 is 1.80 bits per heavy atom. The van der Waals surface area contributed by atoms with Crippen LogP contribution in [-0.4, -0.2) is 36.1 Å². The van der Waals surface area contributed by atoms with Crippen molar-refractivity contribution in [3.63, 3.8) is 0 Å². The minimum absolute atomic E-state index is 0.145. The first-order valence-electron chi connectivity index (χ1n) is 9.14. The molecule has 0 aromatic heterocycles. The number of hydrogen-bond acceptors (Lipinski definition) is 3. The highest BCUT2D eigenvalue weighted by Gasteiger charge is 2.30. The van der Waals surface area contributed by atoms with Crippen LogP contribution in [0.15, 0.2) is 47.6 Å². The van der Waals surface area contributed by atoms with Crippen molar-refractivity contribution >= 4 is 23.2 Å². The molecule has 1 heterocycles. The Hall–Kier alpha value is -3.23. The molecule has 2 aromatic carbocycles. The van der Waals surface area contributed by atoms with Crippen LogP contribution < -0.4 is 4.90 Å². The Balaban J connectivity index is 1.75. The quantitative estimate of drug-likeness (QED) is 0.697. The monoisotopic (exact) mass is 421 g/mol. The minimum atomic E-state index is -4.47. The van der Waals surface area contributed by atoms with Crippen LogP contribution >= 0.6 is 0 Å². The first kappa shape index (κ1) is 21.5. The SMILES string of the molecule is Cc1cc(C2=NN(CC(=O)N(C)c3ccc(C(F)(F)F)cc3)C(=O)CC2)ccc1F. The topological polar surface area (TPSA) is 53.0 Å². The standard InChI is InChI=1S/C21H19F4N3O2/c1-13-11-14(3-8-17(13)22)18-9-10-19(29)28(26-18)12-20(30)27(2)16-6-4-15(5-7-16)21(23,24)25/h3-8,11H,9-10,12H2,1-2H3. The molecule has 2 amide bonds. The van der Waals surface area contributed by atoms with E-state index in [-0.39, 0.29) is 30.4 Å². The van der Waals surface area contributed by atoms with E-state index in [0.717, 1.165) is 17.1 Å². The van der Waals surface area contributed by atoms with Crippen molar-refractivity contribution < 1.29 is 27.2 Å². The van der Waals surface area contributed by atoms with Crippen molar-refractivity contribution in [2.24, 2.45) is 5.10 Å². The van der Waals surface area contributed by atoms with Gasteiger partial charge in [0.25, 0.3) is 0 Å². The maximum atomic E-state index is 13.5. The van der Waals surface area contributed by atoms with Crippen LogP contribution in [0.4, 0.5) is 23.2 Å². The molecule has 0 bridgehead atoms. The molecular formula is C21H19F4N3O2. The zero-order valence-electron chi connectivity index (χ0n) is 16.3. The van der Waals surface area contributed by atoms with Gasteiger partial charge in [-0.15, -0.1) is 0 Å². The smallest absolute Gasteiger partial charge is 0.314 e. The molecule has 2 aromatic rings. The molecule has 158 valence electrons. The van der Waals surface area contributed by atoms with Gasteiger partial charge in [-0.3, -0.25) is 9.59 Å². The zero-order valence-corrected chi connectivity index (χ0v) is 16.3. The lowest BCUT2D eigenvalue weighted by Crippen LogP contribution is -2.41. The number of amides is 2. The molecule has 0 atom stereocenters. The van der Waals surface area contributed by atoms with Crippen LogP contribution in [0, 0.1) is 12.7 Å². The molecule has 5 nitrogen and oxygen atoms in total. The third-order valence-corrected chi connectivity index (χ3v) is 4.84. The van der Waals surface area contributed by atoms with E-state index in [1.54, 1.807) is 19.1 Å². The molecule has 0 radical (unpaired) electrons. The van der Waals surface area contributed by atoms with Gasteiger partial charge in [0.2, 0.25) is 11.8 Å². The highest BCUT2D eigenvalue weighted by molar-refractivity contribution is 6.05. The number of nitrogens with zero attached hydrogens (tertiary/aromatic N) is 3. The summed E-state index contributed by atoms with van der Waals surface area (Å²) in [5.74, 6) is -1.20. The maximum absolute atomic E-state index is 13.5. The predicted molar refractivity (Wildman–Crippen MR) is 103 cm³/mol. The molecule has 0 saturated heterocycles. The molecule has 9 heteroatoms. The van der Waals surface area contributed by atoms with Crippen molar-refractivity contribution in [1.29, 1.82) is 0 Å². The molecule has 3 rings (SSSR count). The Kier molecular flexibility index (Phi) is 5.91. The summed E-state index contributed by atoms with van der Waals surface area (Å²) in [6.07, 6.45) is -3.96. The highest BCUT2D eigenvalue weighted by Crippen LogP contribution is 2.30. The second kappa shape index (κ2) is 8.25. The lowest BCUT2D eigenvalue weighted by atomic mass is 10.0. The van der Waals surface area contributed by atoms with Crippen molar-refractivity contribution in [2.75, 3.05) is 18.5 Å². The van der Waals surface area contributed by atoms with Gasteiger partial charge in [-0.2, -0.15) is 18.3 Å². The summed E-state index contributed by atoms with van der Waals surface area (Å²) < 4.78 is 51.6. The normalized spacial score (nSPS) is 14.5. The minimum Gasteiger partial charge on any atom is -0.314 e. The summed E-state index contributed by atoms with van der Waals surface area (Å²) in [6, 6.07) is 8.65. The number of likely N-dealkylation sites (N-methyl/N-ethyl adjacent to an activating group) is 1. The average Bonchev–Trinajstić information content (AvgIpc) is 2.70. The Morgan fingerprint density at radius 1 is 1.13 bits per heavy atom. The summed E-state index contributed by atoms with van der Waals surface area (Å²) in [5, 5.41) is 5.29. The molecule has 30 heavy (non-hydrogen) atoms. The second-order valence-corrected chi connectivity index (χ2v) is 6.96. The van der Waals surface area contributed by atoms with Gasteiger partial charge < -0.3 is 4.90 Å². The van der Waals surface area contributed by atoms with Crippen molar-refractivity contribution in [1.82, 2.24) is 5.01 Å². The fourth-order valence-electron chi connectivity index (χ4n) is 3.01. The number of halogens is 4.